The topological polar surface area (TPSA) is 38.1 Å². The smallest absolute Gasteiger partial charge is 0.261 e. The Balaban J connectivity index is 2.02. The molecule has 0 unspecified atom stereocenters. The molecular formula is C15H15F2N3O. The summed E-state index contributed by atoms with van der Waals surface area (Å²) in [6.07, 6.45) is 4.13. The summed E-state index contributed by atoms with van der Waals surface area (Å²) in [5.41, 5.74) is 0.723. The Hall–Kier alpha value is -2.24. The van der Waals surface area contributed by atoms with Crippen LogP contribution in [0.3, 0.4) is 0 Å². The molecule has 0 N–H and O–H groups in total. The van der Waals surface area contributed by atoms with Crippen molar-refractivity contribution < 1.29 is 13.6 Å². The summed E-state index contributed by atoms with van der Waals surface area (Å²) in [7, 11) is 0. The zero-order chi connectivity index (χ0) is 15.0. The van der Waals surface area contributed by atoms with Crippen molar-refractivity contribution in [1.29, 1.82) is 0 Å². The van der Waals surface area contributed by atoms with E-state index in [4.69, 9.17) is 0 Å². The van der Waals surface area contributed by atoms with Gasteiger partial charge in [0.25, 0.3) is 5.91 Å². The van der Waals surface area contributed by atoms with Crippen LogP contribution in [-0.2, 0) is 13.0 Å². The molecule has 0 radical (unpaired) electrons. The van der Waals surface area contributed by atoms with Gasteiger partial charge in [0.2, 0.25) is 0 Å². The van der Waals surface area contributed by atoms with Gasteiger partial charge in [-0.15, -0.1) is 0 Å². The summed E-state index contributed by atoms with van der Waals surface area (Å²) >= 11 is 0. The Kier molecular flexibility index (Phi) is 3.45. The van der Waals surface area contributed by atoms with Crippen LogP contribution in [0, 0.1) is 11.6 Å². The lowest BCUT2D eigenvalue weighted by molar-refractivity contribution is 0.0984. The highest BCUT2D eigenvalue weighted by atomic mass is 19.1. The van der Waals surface area contributed by atoms with E-state index in [1.165, 1.54) is 11.1 Å². The molecule has 1 aliphatic rings. The zero-order valence-corrected chi connectivity index (χ0v) is 11.6. The molecule has 2 aromatic rings. The van der Waals surface area contributed by atoms with Crippen LogP contribution in [0.4, 0.5) is 14.5 Å². The lowest BCUT2D eigenvalue weighted by Crippen LogP contribution is -2.36. The lowest BCUT2D eigenvalue weighted by Gasteiger charge is -2.29. The quantitative estimate of drug-likeness (QED) is 0.853. The number of aryl methyl sites for hydroxylation is 1. The molecule has 1 aromatic carbocycles. The molecule has 1 aliphatic heterocycles. The average molecular weight is 291 g/mol. The molecule has 21 heavy (non-hydrogen) atoms. The van der Waals surface area contributed by atoms with Crippen molar-refractivity contribution in [3.8, 4) is 0 Å². The van der Waals surface area contributed by atoms with Crippen LogP contribution in [-0.4, -0.2) is 22.2 Å². The first-order valence-corrected chi connectivity index (χ1v) is 6.93. The molecule has 0 bridgehead atoms. The van der Waals surface area contributed by atoms with Crippen molar-refractivity contribution in [2.24, 2.45) is 0 Å². The van der Waals surface area contributed by atoms with Crippen LogP contribution < -0.4 is 4.90 Å². The van der Waals surface area contributed by atoms with Gasteiger partial charge in [-0.2, -0.15) is 5.10 Å². The SMILES string of the molecule is CCn1cc(C(=O)N2CCCc3c(F)ccc(F)c32)cn1. The lowest BCUT2D eigenvalue weighted by atomic mass is 10.00. The van der Waals surface area contributed by atoms with Crippen LogP contribution in [0.1, 0.15) is 29.3 Å². The van der Waals surface area contributed by atoms with Crippen LogP contribution in [0.25, 0.3) is 0 Å². The highest BCUT2D eigenvalue weighted by Crippen LogP contribution is 2.32. The molecule has 0 fully saturated rings. The fourth-order valence-corrected chi connectivity index (χ4v) is 2.64. The second-order valence-corrected chi connectivity index (χ2v) is 5.00. The van der Waals surface area contributed by atoms with Gasteiger partial charge in [0, 0.05) is 24.8 Å². The molecule has 110 valence electrons. The standard InChI is InChI=1S/C15H15F2N3O/c1-2-19-9-10(8-18-19)15(21)20-7-3-4-11-12(16)5-6-13(17)14(11)20/h5-6,8-9H,2-4,7H2,1H3. The van der Waals surface area contributed by atoms with E-state index in [9.17, 15) is 13.6 Å². The number of fused-ring (bicyclic) bond motifs is 1. The normalized spacial score (nSPS) is 14.1. The predicted molar refractivity (Wildman–Crippen MR) is 74.3 cm³/mol. The maximum Gasteiger partial charge on any atom is 0.261 e. The zero-order valence-electron chi connectivity index (χ0n) is 11.6. The molecule has 1 amide bonds. The monoisotopic (exact) mass is 291 g/mol. The highest BCUT2D eigenvalue weighted by molar-refractivity contribution is 6.06. The molecule has 4 nitrogen and oxygen atoms in total. The van der Waals surface area contributed by atoms with Gasteiger partial charge in [-0.1, -0.05) is 0 Å². The number of carbonyl (C=O) groups is 1. The maximum absolute atomic E-state index is 14.1. The highest BCUT2D eigenvalue weighted by Gasteiger charge is 2.29. The van der Waals surface area contributed by atoms with Gasteiger partial charge in [-0.05, 0) is 31.9 Å². The number of aromatic nitrogens is 2. The van der Waals surface area contributed by atoms with Gasteiger partial charge in [0.1, 0.15) is 11.6 Å². The minimum absolute atomic E-state index is 0.0653. The number of amides is 1. The first-order chi connectivity index (χ1) is 10.1. The molecule has 0 saturated carbocycles. The van der Waals surface area contributed by atoms with E-state index in [-0.39, 0.29) is 17.2 Å². The van der Waals surface area contributed by atoms with Crippen molar-refractivity contribution in [2.75, 3.05) is 11.4 Å². The van der Waals surface area contributed by atoms with E-state index in [0.717, 1.165) is 12.1 Å². The number of rotatable bonds is 2. The minimum Gasteiger partial charge on any atom is -0.305 e. The van der Waals surface area contributed by atoms with Crippen LogP contribution in [0.15, 0.2) is 24.5 Å². The number of anilines is 1. The fraction of sp³-hybridized carbons (Fsp3) is 0.333. The first kappa shape index (κ1) is 13.7. The van der Waals surface area contributed by atoms with E-state index in [2.05, 4.69) is 5.10 Å². The Bertz CT molecular complexity index is 696. The molecule has 1 aromatic heterocycles. The van der Waals surface area contributed by atoms with E-state index in [1.807, 2.05) is 6.92 Å². The van der Waals surface area contributed by atoms with Crippen molar-refractivity contribution in [1.82, 2.24) is 9.78 Å². The maximum atomic E-state index is 14.1. The van der Waals surface area contributed by atoms with E-state index >= 15 is 0 Å². The minimum atomic E-state index is -0.567. The fourth-order valence-electron chi connectivity index (χ4n) is 2.64. The van der Waals surface area contributed by atoms with Gasteiger partial charge in [-0.3, -0.25) is 9.48 Å². The molecule has 6 heteroatoms. The summed E-state index contributed by atoms with van der Waals surface area (Å²) in [5.74, 6) is -1.38. The second-order valence-electron chi connectivity index (χ2n) is 5.00. The van der Waals surface area contributed by atoms with Crippen molar-refractivity contribution in [2.45, 2.75) is 26.3 Å². The number of carbonyl (C=O) groups excluding carboxylic acids is 1. The molecule has 0 saturated heterocycles. The summed E-state index contributed by atoms with van der Waals surface area (Å²) in [6, 6.07) is 2.17. The largest absolute Gasteiger partial charge is 0.305 e. The molecule has 0 spiro atoms. The third-order valence-corrected chi connectivity index (χ3v) is 3.70. The van der Waals surface area contributed by atoms with E-state index in [0.29, 0.717) is 31.5 Å². The van der Waals surface area contributed by atoms with Gasteiger partial charge in [-0.25, -0.2) is 8.78 Å². The van der Waals surface area contributed by atoms with Gasteiger partial charge < -0.3 is 4.90 Å². The summed E-state index contributed by atoms with van der Waals surface area (Å²) in [5, 5.41) is 4.05. The molecular weight excluding hydrogens is 276 g/mol. The van der Waals surface area contributed by atoms with Crippen LogP contribution >= 0.6 is 0 Å². The van der Waals surface area contributed by atoms with Crippen LogP contribution in [0.5, 0.6) is 0 Å². The average Bonchev–Trinajstić information content (AvgIpc) is 2.99. The number of hydrogen-bond donors (Lipinski definition) is 0. The Labute approximate surface area is 121 Å². The van der Waals surface area contributed by atoms with Gasteiger partial charge in [0.15, 0.2) is 0 Å². The Morgan fingerprint density at radius 3 is 2.81 bits per heavy atom. The number of nitrogens with zero attached hydrogens (tertiary/aromatic N) is 3. The van der Waals surface area contributed by atoms with Crippen molar-refractivity contribution >= 4 is 11.6 Å². The van der Waals surface area contributed by atoms with E-state index in [1.54, 1.807) is 10.9 Å². The third kappa shape index (κ3) is 2.30. The number of benzene rings is 1. The first-order valence-electron chi connectivity index (χ1n) is 6.93. The molecule has 3 rings (SSSR count). The third-order valence-electron chi connectivity index (χ3n) is 3.70. The van der Waals surface area contributed by atoms with Crippen LogP contribution in [0.2, 0.25) is 0 Å². The summed E-state index contributed by atoms with van der Waals surface area (Å²) in [6.45, 7) is 2.93. The Morgan fingerprint density at radius 1 is 1.33 bits per heavy atom. The number of hydrogen-bond acceptors (Lipinski definition) is 2. The van der Waals surface area contributed by atoms with Crippen molar-refractivity contribution in [3.63, 3.8) is 0 Å². The molecule has 0 aliphatic carbocycles. The summed E-state index contributed by atoms with van der Waals surface area (Å²) in [4.78, 5) is 13.9. The summed E-state index contributed by atoms with van der Waals surface area (Å²) < 4.78 is 29.5. The second kappa shape index (κ2) is 5.27. The number of halogens is 2. The van der Waals surface area contributed by atoms with Gasteiger partial charge >= 0.3 is 0 Å². The van der Waals surface area contributed by atoms with E-state index < -0.39 is 11.6 Å². The predicted octanol–water partition coefficient (Wildman–Crippen LogP) is 2.77. The van der Waals surface area contributed by atoms with Gasteiger partial charge in [0.05, 0.1) is 17.4 Å². The molecule has 2 heterocycles. The van der Waals surface area contributed by atoms with Crippen molar-refractivity contribution in [3.05, 3.63) is 47.3 Å². The molecule has 0 atom stereocenters. The Morgan fingerprint density at radius 2 is 2.10 bits per heavy atom.